The molecule has 0 aliphatic carbocycles. The highest BCUT2D eigenvalue weighted by Gasteiger charge is 2.49. The molecule has 1 fully saturated rings. The Labute approximate surface area is 192 Å². The van der Waals surface area contributed by atoms with Crippen molar-refractivity contribution in [3.8, 4) is 0 Å². The Morgan fingerprint density at radius 3 is 2.66 bits per heavy atom. The van der Waals surface area contributed by atoms with Crippen molar-refractivity contribution in [3.05, 3.63) is 88.3 Å². The third-order valence-electron chi connectivity index (χ3n) is 5.43. The molecular weight excluding hydrogens is 448 g/mol. The second kappa shape index (κ2) is 7.93. The predicted octanol–water partition coefficient (Wildman–Crippen LogP) is 5.73. The molecule has 3 heterocycles. The minimum absolute atomic E-state index is 0.0548. The molecule has 160 valence electrons. The van der Waals surface area contributed by atoms with Crippen LogP contribution in [0.1, 0.15) is 29.9 Å². The van der Waals surface area contributed by atoms with Crippen LogP contribution in [0.5, 0.6) is 0 Å². The van der Waals surface area contributed by atoms with E-state index in [4.69, 9.17) is 16.0 Å². The van der Waals surface area contributed by atoms with Crippen molar-refractivity contribution in [3.63, 3.8) is 0 Å². The number of aliphatic hydroxyl groups excluding tert-OH is 1. The summed E-state index contributed by atoms with van der Waals surface area (Å²) in [5.41, 5.74) is 2.21. The van der Waals surface area contributed by atoms with E-state index in [0.717, 1.165) is 22.2 Å². The summed E-state index contributed by atoms with van der Waals surface area (Å²) >= 11 is 7.27. The molecule has 1 aliphatic rings. The Morgan fingerprint density at radius 1 is 1.19 bits per heavy atom. The van der Waals surface area contributed by atoms with Gasteiger partial charge >= 0.3 is 5.91 Å². The summed E-state index contributed by atoms with van der Waals surface area (Å²) < 4.78 is 6.49. The number of nitrogens with zero attached hydrogens (tertiary/aromatic N) is 2. The largest absolute Gasteiger partial charge is 0.507 e. The van der Waals surface area contributed by atoms with Gasteiger partial charge in [0.05, 0.1) is 22.1 Å². The topological polar surface area (TPSA) is 83.6 Å². The molecule has 2 aromatic carbocycles. The lowest BCUT2D eigenvalue weighted by Gasteiger charge is -2.20. The van der Waals surface area contributed by atoms with Crippen molar-refractivity contribution in [2.75, 3.05) is 4.90 Å². The minimum Gasteiger partial charge on any atom is -0.507 e. The lowest BCUT2D eigenvalue weighted by Crippen LogP contribution is -2.29. The number of hydrogen-bond donors (Lipinski definition) is 1. The number of Topliss-reactive ketones (excluding diaryl/α,β-unsaturated/α-hetero) is 1. The fraction of sp³-hybridized carbons (Fsp3) is 0.125. The predicted molar refractivity (Wildman–Crippen MR) is 124 cm³/mol. The third-order valence-corrected chi connectivity index (χ3v) is 6.70. The van der Waals surface area contributed by atoms with Crippen LogP contribution in [0.25, 0.3) is 16.0 Å². The maximum atomic E-state index is 13.1. The number of carbonyl (C=O) groups is 2. The number of benzene rings is 2. The molecule has 1 amide bonds. The van der Waals surface area contributed by atoms with E-state index in [1.165, 1.54) is 22.5 Å². The van der Waals surface area contributed by atoms with Gasteiger partial charge in [-0.2, -0.15) is 0 Å². The van der Waals surface area contributed by atoms with E-state index in [1.54, 1.807) is 36.4 Å². The zero-order chi connectivity index (χ0) is 22.4. The van der Waals surface area contributed by atoms with Gasteiger partial charge in [0.1, 0.15) is 17.6 Å². The number of ketones is 1. The Balaban J connectivity index is 1.69. The molecular formula is C24H17ClN2O4S. The fourth-order valence-corrected chi connectivity index (χ4v) is 4.97. The summed E-state index contributed by atoms with van der Waals surface area (Å²) in [4.78, 5) is 32.1. The van der Waals surface area contributed by atoms with E-state index < -0.39 is 17.7 Å². The first-order chi connectivity index (χ1) is 15.5. The first-order valence-corrected chi connectivity index (χ1v) is 11.2. The molecule has 1 N–H and O–H groups in total. The molecule has 8 heteroatoms. The van der Waals surface area contributed by atoms with E-state index in [-0.39, 0.29) is 11.3 Å². The monoisotopic (exact) mass is 464 g/mol. The van der Waals surface area contributed by atoms with Gasteiger partial charge in [-0.1, -0.05) is 35.9 Å². The number of furan rings is 1. The van der Waals surface area contributed by atoms with Gasteiger partial charge in [0.15, 0.2) is 5.13 Å². The van der Waals surface area contributed by atoms with Gasteiger partial charge in [-0.05, 0) is 60.5 Å². The first-order valence-electron chi connectivity index (χ1n) is 9.97. The highest BCUT2D eigenvalue weighted by atomic mass is 35.5. The maximum Gasteiger partial charge on any atom is 0.302 e. The quantitative estimate of drug-likeness (QED) is 0.237. The molecule has 4 aromatic rings. The third kappa shape index (κ3) is 3.30. The summed E-state index contributed by atoms with van der Waals surface area (Å²) in [7, 11) is 0. The molecule has 0 bridgehead atoms. The number of thiazole rings is 1. The lowest BCUT2D eigenvalue weighted by atomic mass is 9.99. The van der Waals surface area contributed by atoms with E-state index in [1.807, 2.05) is 18.2 Å². The molecule has 6 nitrogen and oxygen atoms in total. The zero-order valence-corrected chi connectivity index (χ0v) is 18.5. The number of carbonyl (C=O) groups excluding carboxylic acids is 2. The van der Waals surface area contributed by atoms with E-state index in [2.05, 4.69) is 11.9 Å². The number of anilines is 1. The summed E-state index contributed by atoms with van der Waals surface area (Å²) in [6.07, 6.45) is 2.34. The number of aryl methyl sites for hydroxylation is 1. The molecule has 5 rings (SSSR count). The second-order valence-corrected chi connectivity index (χ2v) is 8.79. The van der Waals surface area contributed by atoms with Gasteiger partial charge < -0.3 is 9.52 Å². The molecule has 0 radical (unpaired) electrons. The van der Waals surface area contributed by atoms with Crippen LogP contribution in [-0.2, 0) is 16.0 Å². The highest BCUT2D eigenvalue weighted by Crippen LogP contribution is 2.44. The van der Waals surface area contributed by atoms with E-state index >= 15 is 0 Å². The molecule has 1 saturated heterocycles. The summed E-state index contributed by atoms with van der Waals surface area (Å²) in [6, 6.07) is 14.7. The van der Waals surface area contributed by atoms with Gasteiger partial charge in [-0.3, -0.25) is 14.5 Å². The van der Waals surface area contributed by atoms with Crippen molar-refractivity contribution in [2.24, 2.45) is 0 Å². The van der Waals surface area contributed by atoms with E-state index in [0.29, 0.717) is 21.5 Å². The number of fused-ring (bicyclic) bond motifs is 1. The lowest BCUT2D eigenvalue weighted by molar-refractivity contribution is -0.132. The van der Waals surface area contributed by atoms with Crippen molar-refractivity contribution < 1.29 is 19.1 Å². The van der Waals surface area contributed by atoms with Gasteiger partial charge in [0.25, 0.3) is 5.78 Å². The van der Waals surface area contributed by atoms with Crippen LogP contribution in [0.15, 0.2) is 70.9 Å². The highest BCUT2D eigenvalue weighted by molar-refractivity contribution is 7.22. The average Bonchev–Trinajstić information content (AvgIpc) is 3.52. The summed E-state index contributed by atoms with van der Waals surface area (Å²) in [5, 5.41) is 11.9. The number of amides is 1. The van der Waals surface area contributed by atoms with Crippen molar-refractivity contribution >= 4 is 55.7 Å². The van der Waals surface area contributed by atoms with Crippen molar-refractivity contribution in [1.82, 2.24) is 4.98 Å². The standard InChI is InChI=1S/C24H17ClN2O4S/c1-2-13-5-10-16-18(12-13)32-24(26-16)27-20(17-4-3-11-31-17)19(22(29)23(27)30)21(28)14-6-8-15(25)9-7-14/h3-12,20,28H,2H2,1H3/b21-19+. The number of halogens is 1. The van der Waals surface area contributed by atoms with Crippen LogP contribution in [0.4, 0.5) is 5.13 Å². The summed E-state index contributed by atoms with van der Waals surface area (Å²) in [6.45, 7) is 2.06. The first kappa shape index (κ1) is 20.5. The number of aliphatic hydroxyl groups is 1. The van der Waals surface area contributed by atoms with Crippen LogP contribution in [-0.4, -0.2) is 21.8 Å². The molecule has 1 atom stereocenters. The normalized spacial score (nSPS) is 18.1. The zero-order valence-electron chi connectivity index (χ0n) is 16.9. The average molecular weight is 465 g/mol. The minimum atomic E-state index is -0.938. The Hall–Kier alpha value is -3.42. The van der Waals surface area contributed by atoms with Gasteiger partial charge in [-0.15, -0.1) is 0 Å². The van der Waals surface area contributed by atoms with Crippen LogP contribution in [0.3, 0.4) is 0 Å². The molecule has 1 aliphatic heterocycles. The van der Waals surface area contributed by atoms with Gasteiger partial charge in [0, 0.05) is 10.6 Å². The number of aromatic nitrogens is 1. The molecule has 32 heavy (non-hydrogen) atoms. The van der Waals surface area contributed by atoms with Crippen LogP contribution < -0.4 is 4.90 Å². The van der Waals surface area contributed by atoms with Gasteiger partial charge in [0.2, 0.25) is 0 Å². The molecule has 2 aromatic heterocycles. The van der Waals surface area contributed by atoms with Crippen LogP contribution in [0, 0.1) is 0 Å². The van der Waals surface area contributed by atoms with E-state index in [9.17, 15) is 14.7 Å². The molecule has 0 saturated carbocycles. The van der Waals surface area contributed by atoms with Crippen molar-refractivity contribution in [2.45, 2.75) is 19.4 Å². The van der Waals surface area contributed by atoms with Crippen molar-refractivity contribution in [1.29, 1.82) is 0 Å². The Bertz CT molecular complexity index is 1370. The second-order valence-electron chi connectivity index (χ2n) is 7.34. The maximum absolute atomic E-state index is 13.1. The smallest absolute Gasteiger partial charge is 0.302 e. The Morgan fingerprint density at radius 2 is 1.97 bits per heavy atom. The molecule has 1 unspecified atom stereocenters. The summed E-state index contributed by atoms with van der Waals surface area (Å²) in [5.74, 6) is -1.50. The molecule has 0 spiro atoms. The fourth-order valence-electron chi connectivity index (χ4n) is 3.79. The van der Waals surface area contributed by atoms with Gasteiger partial charge in [-0.25, -0.2) is 4.98 Å². The van der Waals surface area contributed by atoms with Crippen LogP contribution in [0.2, 0.25) is 5.02 Å². The number of hydrogen-bond acceptors (Lipinski definition) is 6. The SMILES string of the molecule is CCc1ccc2nc(N3C(=O)C(=O)/C(=C(/O)c4ccc(Cl)cc4)C3c3ccco3)sc2c1. The number of rotatable bonds is 4. The van der Waals surface area contributed by atoms with Crippen LogP contribution >= 0.6 is 22.9 Å². The Kier molecular flexibility index (Phi) is 5.07.